The second kappa shape index (κ2) is 6.10. The average molecular weight is 251 g/mol. The van der Waals surface area contributed by atoms with Crippen LogP contribution in [0.5, 0.6) is 0 Å². The van der Waals surface area contributed by atoms with Crippen LogP contribution in [0, 0.1) is 11.3 Å². The van der Waals surface area contributed by atoms with Crippen molar-refractivity contribution >= 4 is 29.1 Å². The van der Waals surface area contributed by atoms with Gasteiger partial charge >= 0.3 is 29.6 Å². The molecule has 1 heterocycles. The first-order chi connectivity index (χ1) is 6.98. The summed E-state index contributed by atoms with van der Waals surface area (Å²) in [5.74, 6) is -0.535. The van der Waals surface area contributed by atoms with E-state index in [1.54, 1.807) is 0 Å². The molecular formula is C10H16N2NaO2S+. The molecule has 0 spiro atoms. The Labute approximate surface area is 123 Å². The Morgan fingerprint density at radius 2 is 1.69 bits per heavy atom. The van der Waals surface area contributed by atoms with Crippen LogP contribution in [-0.2, 0) is 9.59 Å². The number of thiocarbonyl (C=S) groups is 1. The fourth-order valence-corrected chi connectivity index (χ4v) is 2.21. The maximum atomic E-state index is 11.9. The summed E-state index contributed by atoms with van der Waals surface area (Å²) in [5, 5.41) is 5.16. The van der Waals surface area contributed by atoms with Gasteiger partial charge < -0.3 is 10.6 Å². The molecule has 1 atom stereocenters. The fraction of sp³-hybridized carbons (Fsp3) is 0.700. The van der Waals surface area contributed by atoms with E-state index in [4.69, 9.17) is 12.2 Å². The predicted octanol–water partition coefficient (Wildman–Crippen LogP) is -2.04. The number of amides is 2. The molecular weight excluding hydrogens is 235 g/mol. The van der Waals surface area contributed by atoms with Crippen LogP contribution in [-0.4, -0.2) is 16.9 Å². The van der Waals surface area contributed by atoms with E-state index < -0.39 is 5.41 Å². The van der Waals surface area contributed by atoms with E-state index in [0.717, 1.165) is 6.42 Å². The molecule has 2 amide bonds. The third kappa shape index (κ3) is 2.47. The number of carbonyl (C=O) groups is 2. The molecule has 1 fully saturated rings. The van der Waals surface area contributed by atoms with Crippen molar-refractivity contribution in [2.75, 3.05) is 0 Å². The van der Waals surface area contributed by atoms with E-state index in [9.17, 15) is 9.59 Å². The van der Waals surface area contributed by atoms with Gasteiger partial charge in [-0.25, -0.2) is 0 Å². The zero-order valence-corrected chi connectivity index (χ0v) is 13.0. The van der Waals surface area contributed by atoms with Gasteiger partial charge in [0.2, 0.25) is 11.8 Å². The summed E-state index contributed by atoms with van der Waals surface area (Å²) in [7, 11) is 0. The van der Waals surface area contributed by atoms with Crippen LogP contribution >= 0.6 is 12.2 Å². The summed E-state index contributed by atoms with van der Waals surface area (Å²) >= 11 is 4.77. The first kappa shape index (κ1) is 16.0. The molecule has 4 nitrogen and oxygen atoms in total. The molecule has 0 aromatic rings. The van der Waals surface area contributed by atoms with Gasteiger partial charge in [0.15, 0.2) is 5.11 Å². The molecule has 0 aromatic carbocycles. The molecule has 1 aliphatic heterocycles. The maximum Gasteiger partial charge on any atom is 1.00 e. The molecule has 1 rings (SSSR count). The van der Waals surface area contributed by atoms with Crippen LogP contribution < -0.4 is 40.2 Å². The van der Waals surface area contributed by atoms with Crippen LogP contribution in [0.25, 0.3) is 0 Å². The van der Waals surface area contributed by atoms with Crippen LogP contribution in [0.15, 0.2) is 0 Å². The quantitative estimate of drug-likeness (QED) is 0.345. The normalized spacial score (nSPS) is 20.6. The Kier molecular flexibility index (Phi) is 6.11. The second-order valence-corrected chi connectivity index (χ2v) is 4.28. The fourth-order valence-electron chi connectivity index (χ4n) is 2.03. The smallest absolute Gasteiger partial charge is 0.302 e. The van der Waals surface area contributed by atoms with Crippen molar-refractivity contribution in [1.29, 1.82) is 0 Å². The second-order valence-electron chi connectivity index (χ2n) is 3.87. The Balaban J connectivity index is 0.00000225. The molecule has 0 saturated carbocycles. The molecule has 16 heavy (non-hydrogen) atoms. The van der Waals surface area contributed by atoms with E-state index >= 15 is 0 Å². The van der Waals surface area contributed by atoms with E-state index in [2.05, 4.69) is 10.6 Å². The minimum absolute atomic E-state index is 0. The third-order valence-electron chi connectivity index (χ3n) is 3.28. The third-order valence-corrected chi connectivity index (χ3v) is 3.48. The SMILES string of the molecule is CCC(C)C1(CC)C(=O)NC(=S)NC1=O.[Na+]. The van der Waals surface area contributed by atoms with E-state index in [1.807, 2.05) is 20.8 Å². The van der Waals surface area contributed by atoms with Gasteiger partial charge in [-0.05, 0) is 24.6 Å². The minimum Gasteiger partial charge on any atom is -0.302 e. The summed E-state index contributed by atoms with van der Waals surface area (Å²) in [6.07, 6.45) is 1.27. The Morgan fingerprint density at radius 1 is 1.25 bits per heavy atom. The molecule has 1 unspecified atom stereocenters. The molecule has 84 valence electrons. The monoisotopic (exact) mass is 251 g/mol. The number of rotatable bonds is 3. The minimum atomic E-state index is -0.961. The van der Waals surface area contributed by atoms with Crippen LogP contribution in [0.1, 0.15) is 33.6 Å². The van der Waals surface area contributed by atoms with Crippen molar-refractivity contribution < 1.29 is 39.1 Å². The summed E-state index contributed by atoms with van der Waals surface area (Å²) in [4.78, 5) is 23.8. The van der Waals surface area contributed by atoms with E-state index in [-0.39, 0.29) is 52.4 Å². The summed E-state index contributed by atoms with van der Waals surface area (Å²) in [6.45, 7) is 5.73. The standard InChI is InChI=1S/C10H16N2O2S.Na/c1-4-6(3)10(5-2)7(13)11-9(15)12-8(10)14;/h6H,4-5H2,1-3H3,(H2,11,12,13,14,15);/q;+1. The van der Waals surface area contributed by atoms with Crippen molar-refractivity contribution in [3.05, 3.63) is 0 Å². The molecule has 1 saturated heterocycles. The largest absolute Gasteiger partial charge is 1.00 e. The zero-order chi connectivity index (χ0) is 11.6. The first-order valence-electron chi connectivity index (χ1n) is 5.15. The van der Waals surface area contributed by atoms with Gasteiger partial charge in [0, 0.05) is 0 Å². The summed E-state index contributed by atoms with van der Waals surface area (Å²) < 4.78 is 0. The van der Waals surface area contributed by atoms with Crippen LogP contribution in [0.2, 0.25) is 0 Å². The summed E-state index contributed by atoms with van der Waals surface area (Å²) in [5.41, 5.74) is -0.961. The number of hydrogen-bond donors (Lipinski definition) is 2. The molecule has 2 N–H and O–H groups in total. The van der Waals surface area contributed by atoms with E-state index in [0.29, 0.717) is 6.42 Å². The zero-order valence-electron chi connectivity index (χ0n) is 10.2. The Bertz CT molecular complexity index is 300. The Morgan fingerprint density at radius 3 is 2.00 bits per heavy atom. The van der Waals surface area contributed by atoms with Crippen molar-refractivity contribution in [2.45, 2.75) is 33.6 Å². The number of hydrogen-bond acceptors (Lipinski definition) is 3. The van der Waals surface area contributed by atoms with Crippen molar-refractivity contribution in [2.24, 2.45) is 11.3 Å². The Hall–Kier alpha value is 0.0300. The molecule has 0 aliphatic carbocycles. The average Bonchev–Trinajstić information content (AvgIpc) is 2.17. The van der Waals surface area contributed by atoms with Gasteiger partial charge in [0.1, 0.15) is 5.41 Å². The first-order valence-corrected chi connectivity index (χ1v) is 5.56. The van der Waals surface area contributed by atoms with Crippen LogP contribution in [0.3, 0.4) is 0 Å². The van der Waals surface area contributed by atoms with Gasteiger partial charge in [0.25, 0.3) is 0 Å². The van der Waals surface area contributed by atoms with Gasteiger partial charge in [0.05, 0.1) is 0 Å². The maximum absolute atomic E-state index is 11.9. The number of nitrogens with one attached hydrogen (secondary N) is 2. The molecule has 0 aromatic heterocycles. The molecule has 6 heteroatoms. The summed E-state index contributed by atoms with van der Waals surface area (Å²) in [6, 6.07) is 0. The van der Waals surface area contributed by atoms with Crippen molar-refractivity contribution in [3.8, 4) is 0 Å². The molecule has 0 radical (unpaired) electrons. The van der Waals surface area contributed by atoms with Crippen LogP contribution in [0.4, 0.5) is 0 Å². The number of carbonyl (C=O) groups excluding carboxylic acids is 2. The van der Waals surface area contributed by atoms with Crippen molar-refractivity contribution in [1.82, 2.24) is 10.6 Å². The van der Waals surface area contributed by atoms with Crippen molar-refractivity contribution in [3.63, 3.8) is 0 Å². The topological polar surface area (TPSA) is 58.2 Å². The van der Waals surface area contributed by atoms with Gasteiger partial charge in [-0.2, -0.15) is 0 Å². The predicted molar refractivity (Wildman–Crippen MR) is 61.1 cm³/mol. The van der Waals surface area contributed by atoms with Gasteiger partial charge in [-0.1, -0.05) is 27.2 Å². The van der Waals surface area contributed by atoms with Gasteiger partial charge in [-0.15, -0.1) is 0 Å². The van der Waals surface area contributed by atoms with E-state index in [1.165, 1.54) is 0 Å². The molecule has 0 bridgehead atoms. The molecule has 1 aliphatic rings. The van der Waals surface area contributed by atoms with Gasteiger partial charge in [-0.3, -0.25) is 9.59 Å².